The molecule has 7 heteroatoms. The lowest BCUT2D eigenvalue weighted by Crippen LogP contribution is -2.44. The topological polar surface area (TPSA) is 69.2 Å². The van der Waals surface area contributed by atoms with Crippen LogP contribution in [0, 0.1) is 5.41 Å². The van der Waals surface area contributed by atoms with Crippen LogP contribution >= 0.6 is 11.8 Å². The maximum Gasteiger partial charge on any atom is 0.355 e. The van der Waals surface area contributed by atoms with Crippen molar-refractivity contribution in [2.45, 2.75) is 65.1 Å². The summed E-state index contributed by atoms with van der Waals surface area (Å²) < 4.78 is 2.51. The molecule has 1 saturated carbocycles. The van der Waals surface area contributed by atoms with Crippen LogP contribution in [0.1, 0.15) is 53.4 Å². The summed E-state index contributed by atoms with van der Waals surface area (Å²) in [4.78, 5) is 29.1. The lowest BCUT2D eigenvalue weighted by molar-refractivity contribution is 0.264. The van der Waals surface area contributed by atoms with Crippen LogP contribution in [0.2, 0.25) is 0 Å². The Balaban J connectivity index is 2.53. The minimum absolute atomic E-state index is 0.00683. The zero-order valence-corrected chi connectivity index (χ0v) is 14.6. The Labute approximate surface area is 134 Å². The van der Waals surface area contributed by atoms with E-state index in [0.717, 1.165) is 37.1 Å². The first-order valence-electron chi connectivity index (χ1n) is 7.75. The maximum atomic E-state index is 12.7. The minimum atomic E-state index is -0.464. The quantitative estimate of drug-likeness (QED) is 0.616. The molecule has 122 valence electrons. The Bertz CT molecular complexity index is 680. The van der Waals surface area contributed by atoms with E-state index in [9.17, 15) is 9.59 Å². The number of aromatic nitrogens is 3. The van der Waals surface area contributed by atoms with Crippen molar-refractivity contribution in [2.75, 3.05) is 5.75 Å². The second-order valence-electron chi connectivity index (χ2n) is 6.36. The van der Waals surface area contributed by atoms with Crippen LogP contribution in [-0.4, -0.2) is 25.7 Å². The Morgan fingerprint density at radius 3 is 2.50 bits per heavy atom. The van der Waals surface area contributed by atoms with Crippen molar-refractivity contribution in [1.82, 2.24) is 14.2 Å². The van der Waals surface area contributed by atoms with Gasteiger partial charge in [0.15, 0.2) is 5.16 Å². The summed E-state index contributed by atoms with van der Waals surface area (Å²) in [6.07, 6.45) is 4.40. The van der Waals surface area contributed by atoms with Gasteiger partial charge in [-0.15, -0.1) is 0 Å². The summed E-state index contributed by atoms with van der Waals surface area (Å²) in [5.41, 5.74) is -0.0916. The number of rotatable bonds is 5. The Hall–Kier alpha value is -1.37. The highest BCUT2D eigenvalue weighted by Crippen LogP contribution is 2.38. The van der Waals surface area contributed by atoms with Gasteiger partial charge >= 0.3 is 11.4 Å². The molecule has 1 aromatic rings. The molecule has 0 bridgehead atoms. The molecule has 1 aliphatic carbocycles. The molecule has 0 spiro atoms. The Kier molecular flexibility index (Phi) is 5.26. The van der Waals surface area contributed by atoms with E-state index in [-0.39, 0.29) is 11.1 Å². The van der Waals surface area contributed by atoms with E-state index in [1.54, 1.807) is 0 Å². The van der Waals surface area contributed by atoms with E-state index in [4.69, 9.17) is 0 Å². The van der Waals surface area contributed by atoms with Crippen molar-refractivity contribution in [3.8, 4) is 0 Å². The summed E-state index contributed by atoms with van der Waals surface area (Å²) in [7, 11) is 0. The average molecular weight is 324 g/mol. The predicted octanol–water partition coefficient (Wildman–Crippen LogP) is 2.34. The van der Waals surface area contributed by atoms with E-state index in [1.165, 1.54) is 21.0 Å². The fourth-order valence-corrected chi connectivity index (χ4v) is 3.52. The Morgan fingerprint density at radius 2 is 1.95 bits per heavy atom. The van der Waals surface area contributed by atoms with Gasteiger partial charge in [-0.1, -0.05) is 38.5 Å². The normalized spacial score (nSPS) is 16.7. The van der Waals surface area contributed by atoms with E-state index in [1.807, 2.05) is 20.8 Å². The fraction of sp³-hybridized carbons (Fsp3) is 0.733. The third-order valence-corrected chi connectivity index (χ3v) is 4.75. The second kappa shape index (κ2) is 6.81. The zero-order chi connectivity index (χ0) is 16.3. The smallest absolute Gasteiger partial charge is 0.245 e. The molecular weight excluding hydrogens is 300 g/mol. The summed E-state index contributed by atoms with van der Waals surface area (Å²) in [6, 6.07) is 0. The van der Waals surface area contributed by atoms with Crippen LogP contribution in [0.3, 0.4) is 0 Å². The third-order valence-electron chi connectivity index (χ3n) is 3.94. The lowest BCUT2D eigenvalue weighted by atomic mass is 9.89. The molecule has 1 aliphatic rings. The van der Waals surface area contributed by atoms with Crippen LogP contribution in [0.15, 0.2) is 19.8 Å². The van der Waals surface area contributed by atoms with Gasteiger partial charge in [-0.25, -0.2) is 14.2 Å². The number of hydrogen-bond donors (Lipinski definition) is 0. The summed E-state index contributed by atoms with van der Waals surface area (Å²) in [6.45, 7) is 8.15. The molecule has 0 saturated heterocycles. The highest BCUT2D eigenvalue weighted by molar-refractivity contribution is 7.99. The standard InChI is InChI=1S/C15H24N4O2S/c1-5-22-13-16-12(20)18(10-15(4)8-6-7-9-15)14(21)19(13)17-11(2)3/h5-10H2,1-4H3. The molecule has 0 unspecified atom stereocenters. The molecule has 6 nitrogen and oxygen atoms in total. The molecule has 0 aromatic carbocycles. The van der Waals surface area contributed by atoms with Crippen LogP contribution in [-0.2, 0) is 6.54 Å². The van der Waals surface area contributed by atoms with Crippen molar-refractivity contribution in [1.29, 1.82) is 0 Å². The van der Waals surface area contributed by atoms with Gasteiger partial charge in [-0.3, -0.25) is 0 Å². The fourth-order valence-electron chi connectivity index (χ4n) is 2.88. The van der Waals surface area contributed by atoms with Gasteiger partial charge in [0.05, 0.1) is 0 Å². The SMILES string of the molecule is CCSc1nc(=O)n(CC2(C)CCCC2)c(=O)n1N=C(C)C. The van der Waals surface area contributed by atoms with Gasteiger partial charge in [0.2, 0.25) is 0 Å². The van der Waals surface area contributed by atoms with Gasteiger partial charge in [0.1, 0.15) is 0 Å². The molecule has 1 fully saturated rings. The zero-order valence-electron chi connectivity index (χ0n) is 13.8. The molecule has 1 aromatic heterocycles. The van der Waals surface area contributed by atoms with Crippen molar-refractivity contribution < 1.29 is 0 Å². The monoisotopic (exact) mass is 324 g/mol. The van der Waals surface area contributed by atoms with Gasteiger partial charge in [-0.05, 0) is 37.9 Å². The van der Waals surface area contributed by atoms with E-state index >= 15 is 0 Å². The molecular formula is C15H24N4O2S. The molecule has 0 atom stereocenters. The molecule has 0 amide bonds. The van der Waals surface area contributed by atoms with Crippen LogP contribution in [0.4, 0.5) is 0 Å². The predicted molar refractivity (Wildman–Crippen MR) is 89.9 cm³/mol. The van der Waals surface area contributed by atoms with Gasteiger partial charge < -0.3 is 0 Å². The molecule has 22 heavy (non-hydrogen) atoms. The van der Waals surface area contributed by atoms with Gasteiger partial charge in [0.25, 0.3) is 0 Å². The Morgan fingerprint density at radius 1 is 1.32 bits per heavy atom. The summed E-state index contributed by atoms with van der Waals surface area (Å²) >= 11 is 1.35. The first kappa shape index (κ1) is 17.0. The number of thioether (sulfide) groups is 1. The second-order valence-corrected chi connectivity index (χ2v) is 7.59. The van der Waals surface area contributed by atoms with E-state index < -0.39 is 5.69 Å². The van der Waals surface area contributed by atoms with Gasteiger partial charge in [0, 0.05) is 12.3 Å². The van der Waals surface area contributed by atoms with Crippen LogP contribution in [0.5, 0.6) is 0 Å². The molecule has 2 rings (SSSR count). The van der Waals surface area contributed by atoms with Crippen molar-refractivity contribution in [3.05, 3.63) is 21.0 Å². The van der Waals surface area contributed by atoms with E-state index in [2.05, 4.69) is 17.0 Å². The minimum Gasteiger partial charge on any atom is -0.245 e. The molecule has 0 aliphatic heterocycles. The first-order chi connectivity index (χ1) is 10.4. The van der Waals surface area contributed by atoms with Gasteiger partial charge in [-0.2, -0.15) is 14.8 Å². The first-order valence-corrected chi connectivity index (χ1v) is 8.74. The lowest BCUT2D eigenvalue weighted by Gasteiger charge is -2.23. The summed E-state index contributed by atoms with van der Waals surface area (Å²) in [5, 5.41) is 4.62. The summed E-state index contributed by atoms with van der Waals surface area (Å²) in [5.74, 6) is 0.728. The highest BCUT2D eigenvalue weighted by Gasteiger charge is 2.30. The average Bonchev–Trinajstić information content (AvgIpc) is 2.86. The number of hydrogen-bond acceptors (Lipinski definition) is 5. The molecule has 0 N–H and O–H groups in total. The van der Waals surface area contributed by atoms with E-state index in [0.29, 0.717) is 11.7 Å². The molecule has 1 heterocycles. The van der Waals surface area contributed by atoms with Crippen molar-refractivity contribution in [2.24, 2.45) is 10.5 Å². The van der Waals surface area contributed by atoms with Crippen LogP contribution in [0.25, 0.3) is 0 Å². The van der Waals surface area contributed by atoms with Crippen molar-refractivity contribution in [3.63, 3.8) is 0 Å². The molecule has 0 radical (unpaired) electrons. The highest BCUT2D eigenvalue weighted by atomic mass is 32.2. The largest absolute Gasteiger partial charge is 0.355 e. The van der Waals surface area contributed by atoms with Crippen LogP contribution < -0.4 is 11.4 Å². The van der Waals surface area contributed by atoms with Crippen molar-refractivity contribution >= 4 is 17.5 Å². The third kappa shape index (κ3) is 3.69. The maximum absolute atomic E-state index is 12.7. The number of nitrogens with zero attached hydrogens (tertiary/aromatic N) is 4.